The molecule has 0 heterocycles. The van der Waals surface area contributed by atoms with E-state index in [-0.39, 0.29) is 10.9 Å². The molecule has 1 atom stereocenters. The summed E-state index contributed by atoms with van der Waals surface area (Å²) in [6.07, 6.45) is 0.982. The summed E-state index contributed by atoms with van der Waals surface area (Å²) >= 11 is 5.81. The second kappa shape index (κ2) is 8.12. The van der Waals surface area contributed by atoms with Crippen LogP contribution >= 0.6 is 11.6 Å². The van der Waals surface area contributed by atoms with Gasteiger partial charge in [-0.25, -0.2) is 13.1 Å². The van der Waals surface area contributed by atoms with Gasteiger partial charge in [-0.15, -0.1) is 0 Å². The number of sulfonamides is 1. The number of likely N-dealkylation sites (N-methyl/N-ethyl adjacent to an activating group) is 1. The van der Waals surface area contributed by atoms with Gasteiger partial charge in [-0.2, -0.15) is 0 Å². The maximum absolute atomic E-state index is 12.4. The van der Waals surface area contributed by atoms with Crippen LogP contribution in [0.2, 0.25) is 5.02 Å². The van der Waals surface area contributed by atoms with Crippen LogP contribution in [0.1, 0.15) is 24.1 Å². The molecule has 0 fully saturated rings. The second-order valence-electron chi connectivity index (χ2n) is 5.88. The largest absolute Gasteiger partial charge is 0.301 e. The normalized spacial score (nSPS) is 13.2. The lowest BCUT2D eigenvalue weighted by Gasteiger charge is -2.25. The van der Waals surface area contributed by atoms with Crippen molar-refractivity contribution in [2.45, 2.75) is 24.3 Å². The molecule has 4 nitrogen and oxygen atoms in total. The molecule has 0 aliphatic rings. The van der Waals surface area contributed by atoms with E-state index in [1.54, 1.807) is 12.1 Å². The molecule has 0 saturated carbocycles. The van der Waals surface area contributed by atoms with Gasteiger partial charge in [0.2, 0.25) is 10.0 Å². The predicted molar refractivity (Wildman–Crippen MR) is 98.9 cm³/mol. The van der Waals surface area contributed by atoms with Crippen LogP contribution in [0.3, 0.4) is 0 Å². The number of nitrogens with one attached hydrogen (secondary N) is 1. The number of halogens is 1. The Morgan fingerprint density at radius 3 is 2.12 bits per heavy atom. The Kier molecular flexibility index (Phi) is 6.40. The summed E-state index contributed by atoms with van der Waals surface area (Å²) < 4.78 is 27.5. The van der Waals surface area contributed by atoms with E-state index >= 15 is 0 Å². The van der Waals surface area contributed by atoms with Gasteiger partial charge in [0.05, 0.1) is 4.90 Å². The molecule has 24 heavy (non-hydrogen) atoms. The Labute approximate surface area is 149 Å². The first-order chi connectivity index (χ1) is 11.3. The number of hydrogen-bond donors (Lipinski definition) is 1. The van der Waals surface area contributed by atoms with E-state index < -0.39 is 10.0 Å². The van der Waals surface area contributed by atoms with Crippen molar-refractivity contribution in [2.75, 3.05) is 20.6 Å². The van der Waals surface area contributed by atoms with E-state index in [4.69, 9.17) is 11.6 Å². The highest BCUT2D eigenvalue weighted by Gasteiger charge is 2.19. The molecule has 2 aromatic carbocycles. The number of rotatable bonds is 7. The minimum Gasteiger partial charge on any atom is -0.301 e. The molecule has 130 valence electrons. The Bertz CT molecular complexity index is 757. The molecule has 0 aromatic heterocycles. The molecular weight excluding hydrogens is 344 g/mol. The van der Waals surface area contributed by atoms with E-state index in [0.29, 0.717) is 11.6 Å². The maximum atomic E-state index is 12.4. The van der Waals surface area contributed by atoms with Crippen molar-refractivity contribution in [1.82, 2.24) is 9.62 Å². The van der Waals surface area contributed by atoms with Crippen molar-refractivity contribution in [3.63, 3.8) is 0 Å². The Hall–Kier alpha value is -1.40. The summed E-state index contributed by atoms with van der Waals surface area (Å²) in [4.78, 5) is 2.22. The van der Waals surface area contributed by atoms with Gasteiger partial charge in [-0.3, -0.25) is 0 Å². The predicted octanol–water partition coefficient (Wildman–Crippen LogP) is 3.48. The van der Waals surface area contributed by atoms with E-state index in [9.17, 15) is 8.42 Å². The first-order valence-corrected chi connectivity index (χ1v) is 9.70. The molecule has 2 aromatic rings. The van der Waals surface area contributed by atoms with Crippen LogP contribution in [-0.4, -0.2) is 34.0 Å². The minimum atomic E-state index is -3.56. The summed E-state index contributed by atoms with van der Waals surface area (Å²) in [7, 11) is 0.317. The number of aryl methyl sites for hydroxylation is 1. The first-order valence-electron chi connectivity index (χ1n) is 7.84. The summed E-state index contributed by atoms with van der Waals surface area (Å²) in [5.41, 5.74) is 2.34. The van der Waals surface area contributed by atoms with Gasteiger partial charge >= 0.3 is 0 Å². The molecular formula is C18H23ClN2O2S. The summed E-state index contributed by atoms with van der Waals surface area (Å²) in [5, 5.41) is 0.510. The molecule has 2 rings (SSSR count). The Morgan fingerprint density at radius 2 is 1.62 bits per heavy atom. The highest BCUT2D eigenvalue weighted by atomic mass is 35.5. The van der Waals surface area contributed by atoms with Gasteiger partial charge < -0.3 is 4.90 Å². The Balaban J connectivity index is 2.14. The molecule has 6 heteroatoms. The highest BCUT2D eigenvalue weighted by Crippen LogP contribution is 2.20. The summed E-state index contributed by atoms with van der Waals surface area (Å²) in [5.74, 6) is 0. The molecule has 1 unspecified atom stereocenters. The fourth-order valence-electron chi connectivity index (χ4n) is 2.46. The van der Waals surface area contributed by atoms with Crippen LogP contribution in [0.4, 0.5) is 0 Å². The lowest BCUT2D eigenvalue weighted by atomic mass is 10.0. The standard InChI is InChI=1S/C18H23ClN2O2S/c1-4-14-5-7-15(8-6-14)18(21(2)3)13-20-24(22,23)17-11-9-16(19)10-12-17/h5-12,18,20H,4,13H2,1-3H3. The van der Waals surface area contributed by atoms with Crippen molar-refractivity contribution in [3.05, 3.63) is 64.7 Å². The van der Waals surface area contributed by atoms with Gasteiger partial charge in [0, 0.05) is 17.6 Å². The molecule has 0 spiro atoms. The lowest BCUT2D eigenvalue weighted by Crippen LogP contribution is -2.34. The van der Waals surface area contributed by atoms with Gasteiger partial charge in [-0.1, -0.05) is 42.8 Å². The smallest absolute Gasteiger partial charge is 0.240 e. The third-order valence-corrected chi connectivity index (χ3v) is 5.68. The average molecular weight is 367 g/mol. The molecule has 1 N–H and O–H groups in total. The molecule has 0 bridgehead atoms. The van der Waals surface area contributed by atoms with Gasteiger partial charge in [0.1, 0.15) is 0 Å². The zero-order chi connectivity index (χ0) is 17.7. The van der Waals surface area contributed by atoms with Crippen LogP contribution in [0.15, 0.2) is 53.4 Å². The van der Waals surface area contributed by atoms with Crippen molar-refractivity contribution in [1.29, 1.82) is 0 Å². The SMILES string of the molecule is CCc1ccc(C(CNS(=O)(=O)c2ccc(Cl)cc2)N(C)C)cc1. The fourth-order valence-corrected chi connectivity index (χ4v) is 3.62. The summed E-state index contributed by atoms with van der Waals surface area (Å²) in [6.45, 7) is 2.40. The maximum Gasteiger partial charge on any atom is 0.240 e. The number of benzene rings is 2. The fraction of sp³-hybridized carbons (Fsp3) is 0.333. The van der Waals surface area contributed by atoms with Crippen LogP contribution in [0, 0.1) is 0 Å². The quantitative estimate of drug-likeness (QED) is 0.816. The van der Waals surface area contributed by atoms with Crippen molar-refractivity contribution >= 4 is 21.6 Å². The second-order valence-corrected chi connectivity index (χ2v) is 8.08. The van der Waals surface area contributed by atoms with Crippen LogP contribution in [0.25, 0.3) is 0 Å². The number of hydrogen-bond acceptors (Lipinski definition) is 3. The van der Waals surface area contributed by atoms with E-state index in [0.717, 1.165) is 12.0 Å². The molecule has 0 aliphatic carbocycles. The third-order valence-electron chi connectivity index (χ3n) is 3.99. The topological polar surface area (TPSA) is 49.4 Å². The van der Waals surface area contributed by atoms with Gasteiger partial charge in [-0.05, 0) is 55.9 Å². The molecule has 0 amide bonds. The zero-order valence-corrected chi connectivity index (χ0v) is 15.7. The number of nitrogens with zero attached hydrogens (tertiary/aromatic N) is 1. The van der Waals surface area contributed by atoms with Crippen molar-refractivity contribution < 1.29 is 8.42 Å². The van der Waals surface area contributed by atoms with Gasteiger partial charge in [0.25, 0.3) is 0 Å². The first kappa shape index (κ1) is 18.9. The van der Waals surface area contributed by atoms with Gasteiger partial charge in [0.15, 0.2) is 0 Å². The van der Waals surface area contributed by atoms with Crippen molar-refractivity contribution in [3.8, 4) is 0 Å². The Morgan fingerprint density at radius 1 is 1.04 bits per heavy atom. The average Bonchev–Trinajstić information content (AvgIpc) is 2.55. The molecule has 0 radical (unpaired) electrons. The summed E-state index contributed by atoms with van der Waals surface area (Å²) in [6, 6.07) is 14.4. The highest BCUT2D eigenvalue weighted by molar-refractivity contribution is 7.89. The van der Waals surface area contributed by atoms with E-state index in [1.165, 1.54) is 17.7 Å². The zero-order valence-electron chi connectivity index (χ0n) is 14.2. The minimum absolute atomic E-state index is 0.0435. The van der Waals surface area contributed by atoms with Crippen molar-refractivity contribution in [2.24, 2.45) is 0 Å². The molecule has 0 saturated heterocycles. The van der Waals surface area contributed by atoms with Crippen LogP contribution in [-0.2, 0) is 16.4 Å². The van der Waals surface area contributed by atoms with Crippen LogP contribution in [0.5, 0.6) is 0 Å². The van der Waals surface area contributed by atoms with E-state index in [2.05, 4.69) is 35.9 Å². The monoisotopic (exact) mass is 366 g/mol. The third kappa shape index (κ3) is 4.80. The van der Waals surface area contributed by atoms with E-state index in [1.807, 2.05) is 19.0 Å². The lowest BCUT2D eigenvalue weighted by molar-refractivity contribution is 0.299. The molecule has 0 aliphatic heterocycles. The van der Waals surface area contributed by atoms with Crippen LogP contribution < -0.4 is 4.72 Å².